The number of amides is 3. The Bertz CT molecular complexity index is 542. The average molecular weight is 291 g/mol. The molecule has 1 aliphatic heterocycles. The lowest BCUT2D eigenvalue weighted by Gasteiger charge is -2.19. The number of anilines is 1. The van der Waals surface area contributed by atoms with Crippen molar-refractivity contribution in [2.75, 3.05) is 25.0 Å². The third-order valence-electron chi connectivity index (χ3n) is 3.11. The Balaban J connectivity index is 1.95. The highest BCUT2D eigenvalue weighted by Gasteiger charge is 2.19. The fraction of sp³-hybridized carbons (Fsp3) is 0.357. The first-order valence-electron chi connectivity index (χ1n) is 6.68. The highest BCUT2D eigenvalue weighted by Crippen LogP contribution is 2.11. The maximum absolute atomic E-state index is 12.1. The Morgan fingerprint density at radius 1 is 1.29 bits per heavy atom. The molecule has 0 radical (unpaired) electrons. The predicted octanol–water partition coefficient (Wildman–Crippen LogP) is 0.667. The van der Waals surface area contributed by atoms with E-state index >= 15 is 0 Å². The molecule has 0 aromatic heterocycles. The van der Waals surface area contributed by atoms with Crippen molar-refractivity contribution in [2.45, 2.75) is 12.8 Å². The van der Waals surface area contributed by atoms with Gasteiger partial charge in [-0.3, -0.25) is 9.59 Å². The van der Waals surface area contributed by atoms with Crippen molar-refractivity contribution in [2.24, 2.45) is 0 Å². The minimum atomic E-state index is -0.901. The molecular weight excluding hydrogens is 274 g/mol. The molecule has 7 nitrogen and oxygen atoms in total. The van der Waals surface area contributed by atoms with Crippen molar-refractivity contribution in [3.63, 3.8) is 0 Å². The minimum Gasteiger partial charge on any atom is -0.481 e. The molecular formula is C14H17N3O4. The zero-order valence-electron chi connectivity index (χ0n) is 11.5. The van der Waals surface area contributed by atoms with Crippen LogP contribution in [0.3, 0.4) is 0 Å². The smallest absolute Gasteiger partial charge is 0.322 e. The molecule has 1 saturated heterocycles. The summed E-state index contributed by atoms with van der Waals surface area (Å²) in [7, 11) is 0. The largest absolute Gasteiger partial charge is 0.481 e. The van der Waals surface area contributed by atoms with Crippen LogP contribution in [0.25, 0.3) is 0 Å². The number of benzene rings is 1. The number of rotatable bonds is 3. The van der Waals surface area contributed by atoms with Crippen LogP contribution in [0.1, 0.15) is 12.0 Å². The van der Waals surface area contributed by atoms with Gasteiger partial charge < -0.3 is 20.6 Å². The number of carbonyl (C=O) groups excluding carboxylic acids is 2. The number of carbonyl (C=O) groups is 3. The number of carboxylic acids is 1. The number of urea groups is 1. The molecule has 1 heterocycles. The Kier molecular flexibility index (Phi) is 4.76. The highest BCUT2D eigenvalue weighted by atomic mass is 16.4. The second kappa shape index (κ2) is 6.74. The zero-order chi connectivity index (χ0) is 15.2. The van der Waals surface area contributed by atoms with Crippen LogP contribution in [0, 0.1) is 0 Å². The van der Waals surface area contributed by atoms with Gasteiger partial charge in [0.1, 0.15) is 6.54 Å². The number of nitrogens with one attached hydrogen (secondary N) is 2. The summed E-state index contributed by atoms with van der Waals surface area (Å²) in [5, 5.41) is 14.1. The van der Waals surface area contributed by atoms with Crippen LogP contribution in [0.5, 0.6) is 0 Å². The van der Waals surface area contributed by atoms with Gasteiger partial charge in [0.15, 0.2) is 0 Å². The van der Waals surface area contributed by atoms with Gasteiger partial charge >= 0.3 is 12.0 Å². The van der Waals surface area contributed by atoms with Gasteiger partial charge in [-0.25, -0.2) is 4.79 Å². The molecule has 112 valence electrons. The molecule has 0 aliphatic carbocycles. The summed E-state index contributed by atoms with van der Waals surface area (Å²) in [5.41, 5.74) is 1.23. The van der Waals surface area contributed by atoms with E-state index in [9.17, 15) is 14.4 Å². The first kappa shape index (κ1) is 14.8. The Hall–Kier alpha value is -2.57. The van der Waals surface area contributed by atoms with E-state index in [2.05, 4.69) is 10.6 Å². The second-order valence-corrected chi connectivity index (χ2v) is 4.82. The lowest BCUT2D eigenvalue weighted by Crippen LogP contribution is -2.39. The quantitative estimate of drug-likeness (QED) is 0.762. The van der Waals surface area contributed by atoms with E-state index in [4.69, 9.17) is 5.11 Å². The Morgan fingerprint density at radius 3 is 2.67 bits per heavy atom. The molecule has 0 atom stereocenters. The van der Waals surface area contributed by atoms with Crippen LogP contribution < -0.4 is 10.6 Å². The van der Waals surface area contributed by atoms with Crippen molar-refractivity contribution in [3.05, 3.63) is 29.8 Å². The number of hydrogen-bond donors (Lipinski definition) is 3. The SMILES string of the molecule is O=C(O)Cc1ccc(NC(=O)N2CCCNC(=O)C2)cc1. The Labute approximate surface area is 121 Å². The maximum atomic E-state index is 12.1. The van der Waals surface area contributed by atoms with E-state index in [1.807, 2.05) is 0 Å². The van der Waals surface area contributed by atoms with Gasteiger partial charge in [0.2, 0.25) is 5.91 Å². The molecule has 0 spiro atoms. The first-order valence-corrected chi connectivity index (χ1v) is 6.68. The van der Waals surface area contributed by atoms with Crippen LogP contribution in [0.4, 0.5) is 10.5 Å². The van der Waals surface area contributed by atoms with E-state index in [-0.39, 0.29) is 24.9 Å². The minimum absolute atomic E-state index is 0.0446. The summed E-state index contributed by atoms with van der Waals surface area (Å²) in [6.45, 7) is 1.14. The molecule has 2 rings (SSSR count). The van der Waals surface area contributed by atoms with Gasteiger partial charge in [-0.1, -0.05) is 12.1 Å². The first-order chi connectivity index (χ1) is 10.0. The number of carboxylic acid groups (broad SMARTS) is 1. The molecule has 1 aromatic rings. The molecule has 1 aliphatic rings. The molecule has 0 saturated carbocycles. The molecule has 1 aromatic carbocycles. The van der Waals surface area contributed by atoms with Crippen molar-refractivity contribution >= 4 is 23.6 Å². The van der Waals surface area contributed by atoms with Crippen LogP contribution in [-0.2, 0) is 16.0 Å². The summed E-state index contributed by atoms with van der Waals surface area (Å²) < 4.78 is 0. The van der Waals surface area contributed by atoms with E-state index in [0.717, 1.165) is 6.42 Å². The van der Waals surface area contributed by atoms with Crippen LogP contribution >= 0.6 is 0 Å². The van der Waals surface area contributed by atoms with Gasteiger partial charge in [-0.15, -0.1) is 0 Å². The molecule has 3 N–H and O–H groups in total. The molecule has 1 fully saturated rings. The molecule has 0 unspecified atom stereocenters. The lowest BCUT2D eigenvalue weighted by atomic mass is 10.1. The number of aliphatic carboxylic acids is 1. The van der Waals surface area contributed by atoms with Gasteiger partial charge in [-0.2, -0.15) is 0 Å². The van der Waals surface area contributed by atoms with Gasteiger partial charge in [0.05, 0.1) is 6.42 Å². The van der Waals surface area contributed by atoms with Gasteiger partial charge in [0.25, 0.3) is 0 Å². The normalized spacial score (nSPS) is 15.0. The van der Waals surface area contributed by atoms with Crippen molar-refractivity contribution in [1.82, 2.24) is 10.2 Å². The summed E-state index contributed by atoms with van der Waals surface area (Å²) in [6, 6.07) is 6.26. The predicted molar refractivity (Wildman–Crippen MR) is 76.0 cm³/mol. The van der Waals surface area contributed by atoms with Gasteiger partial charge in [0, 0.05) is 18.8 Å². The Morgan fingerprint density at radius 2 is 2.00 bits per heavy atom. The summed E-state index contributed by atoms with van der Waals surface area (Å²) in [5.74, 6) is -1.07. The van der Waals surface area contributed by atoms with Crippen molar-refractivity contribution in [1.29, 1.82) is 0 Å². The molecule has 7 heteroatoms. The third-order valence-corrected chi connectivity index (χ3v) is 3.11. The standard InChI is InChI=1S/C14H17N3O4/c18-12-9-17(7-1-6-15-12)14(21)16-11-4-2-10(3-5-11)8-13(19)20/h2-5H,1,6-9H2,(H,15,18)(H,16,21)(H,19,20). The lowest BCUT2D eigenvalue weighted by molar-refractivity contribution is -0.136. The summed E-state index contributed by atoms with van der Waals surface area (Å²) in [4.78, 5) is 35.5. The van der Waals surface area contributed by atoms with Crippen LogP contribution in [-0.4, -0.2) is 47.5 Å². The third kappa shape index (κ3) is 4.48. The van der Waals surface area contributed by atoms with Crippen molar-refractivity contribution < 1.29 is 19.5 Å². The van der Waals surface area contributed by atoms with Crippen molar-refractivity contribution in [3.8, 4) is 0 Å². The molecule has 21 heavy (non-hydrogen) atoms. The van der Waals surface area contributed by atoms with E-state index in [1.165, 1.54) is 4.90 Å². The molecule has 3 amide bonds. The second-order valence-electron chi connectivity index (χ2n) is 4.82. The van der Waals surface area contributed by atoms with E-state index in [0.29, 0.717) is 24.3 Å². The van der Waals surface area contributed by atoms with Gasteiger partial charge in [-0.05, 0) is 24.1 Å². The topological polar surface area (TPSA) is 98.7 Å². The van der Waals surface area contributed by atoms with Crippen LogP contribution in [0.2, 0.25) is 0 Å². The fourth-order valence-electron chi connectivity index (χ4n) is 2.06. The highest BCUT2D eigenvalue weighted by molar-refractivity contribution is 5.92. The average Bonchev–Trinajstić information content (AvgIpc) is 2.65. The van der Waals surface area contributed by atoms with E-state index < -0.39 is 5.97 Å². The fourth-order valence-corrected chi connectivity index (χ4v) is 2.06. The molecule has 0 bridgehead atoms. The number of hydrogen-bond acceptors (Lipinski definition) is 3. The number of nitrogens with zero attached hydrogens (tertiary/aromatic N) is 1. The zero-order valence-corrected chi connectivity index (χ0v) is 11.5. The monoisotopic (exact) mass is 291 g/mol. The maximum Gasteiger partial charge on any atom is 0.322 e. The summed E-state index contributed by atoms with van der Waals surface area (Å²) in [6.07, 6.45) is 0.664. The van der Waals surface area contributed by atoms with E-state index in [1.54, 1.807) is 24.3 Å². The van der Waals surface area contributed by atoms with Crippen LogP contribution in [0.15, 0.2) is 24.3 Å². The summed E-state index contributed by atoms with van der Waals surface area (Å²) >= 11 is 0.